The molecule has 83 heavy (non-hydrogen) atoms. The number of esters is 3. The molecule has 0 radical (unpaired) electrons. The quantitative estimate of drug-likeness (QED) is 0.0261. The smallest absolute Gasteiger partial charge is 0.306 e. The third-order valence-electron chi connectivity index (χ3n) is 12.5. The highest BCUT2D eigenvalue weighted by atomic mass is 16.6. The Morgan fingerprint density at radius 1 is 0.241 bits per heavy atom. The fraction of sp³-hybridized carbons (Fsp3) is 0.494. The molecule has 0 spiro atoms. The number of ether oxygens (including phenoxy) is 3. The van der Waals surface area contributed by atoms with Crippen molar-refractivity contribution >= 4 is 17.9 Å². The summed E-state index contributed by atoms with van der Waals surface area (Å²) in [7, 11) is 0. The molecule has 0 bridgehead atoms. The maximum Gasteiger partial charge on any atom is 0.306 e. The van der Waals surface area contributed by atoms with E-state index < -0.39 is 6.10 Å². The number of hydrogen-bond acceptors (Lipinski definition) is 6. The first-order valence-corrected chi connectivity index (χ1v) is 32.2. The minimum Gasteiger partial charge on any atom is -0.462 e. The van der Waals surface area contributed by atoms with E-state index in [9.17, 15) is 14.4 Å². The van der Waals surface area contributed by atoms with Gasteiger partial charge in [0.15, 0.2) is 6.10 Å². The molecule has 1 unspecified atom stereocenters. The van der Waals surface area contributed by atoms with Crippen molar-refractivity contribution in [2.45, 2.75) is 232 Å². The van der Waals surface area contributed by atoms with Crippen molar-refractivity contribution in [2.75, 3.05) is 13.2 Å². The van der Waals surface area contributed by atoms with Crippen molar-refractivity contribution in [3.05, 3.63) is 219 Å². The molecule has 1 atom stereocenters. The van der Waals surface area contributed by atoms with Crippen molar-refractivity contribution in [1.29, 1.82) is 0 Å². The van der Waals surface area contributed by atoms with Crippen LogP contribution in [0.25, 0.3) is 0 Å². The molecule has 0 aromatic heterocycles. The van der Waals surface area contributed by atoms with E-state index in [1.54, 1.807) is 0 Å². The topological polar surface area (TPSA) is 78.9 Å². The van der Waals surface area contributed by atoms with E-state index in [4.69, 9.17) is 14.2 Å². The second-order valence-electron chi connectivity index (χ2n) is 20.2. The highest BCUT2D eigenvalue weighted by Gasteiger charge is 2.19. The van der Waals surface area contributed by atoms with Gasteiger partial charge in [-0.05, 0) is 173 Å². The fourth-order valence-electron chi connectivity index (χ4n) is 7.74. The van der Waals surface area contributed by atoms with E-state index in [2.05, 4.69) is 240 Å². The average molecular weight is 1140 g/mol. The van der Waals surface area contributed by atoms with Crippen LogP contribution in [0, 0.1) is 0 Å². The third-order valence-corrected chi connectivity index (χ3v) is 12.5. The van der Waals surface area contributed by atoms with Crippen LogP contribution >= 0.6 is 0 Å². The summed E-state index contributed by atoms with van der Waals surface area (Å²) in [6.45, 7) is 6.18. The van der Waals surface area contributed by atoms with Gasteiger partial charge < -0.3 is 14.2 Å². The van der Waals surface area contributed by atoms with Gasteiger partial charge in [0.05, 0.1) is 0 Å². The summed E-state index contributed by atoms with van der Waals surface area (Å²) >= 11 is 0. The SMILES string of the molecule is CC/C=C\C/C=C\C/C=C\C/C=C\C/C=C\C/C=C\C/C=C\CCCCCC(=O)OCC(COC(=O)CCCC/C=C\C/C=C\C/C=C\C/C=C\CC)OC(=O)CCCCC/C=C\C/C=C\C/C=C\C/C=C\C/C=C\C/C=C\C/C=C\CC. The zero-order valence-corrected chi connectivity index (χ0v) is 52.4. The second kappa shape index (κ2) is 68.2. The zero-order chi connectivity index (χ0) is 59.9. The number of carbonyl (C=O) groups is 3. The monoisotopic (exact) mass is 1130 g/mol. The van der Waals surface area contributed by atoms with E-state index in [-0.39, 0.29) is 50.4 Å². The molecule has 0 aromatic rings. The van der Waals surface area contributed by atoms with Gasteiger partial charge in [-0.1, -0.05) is 252 Å². The molecule has 0 aliphatic heterocycles. The largest absolute Gasteiger partial charge is 0.462 e. The Balaban J connectivity index is 4.61. The molecular weight excluding hydrogens is 1020 g/mol. The summed E-state index contributed by atoms with van der Waals surface area (Å²) in [4.78, 5) is 38.3. The van der Waals surface area contributed by atoms with Gasteiger partial charge in [0.2, 0.25) is 0 Å². The number of allylic oxidation sites excluding steroid dienone is 36. The van der Waals surface area contributed by atoms with Gasteiger partial charge in [0.25, 0.3) is 0 Å². The Hall–Kier alpha value is -6.27. The first kappa shape index (κ1) is 76.7. The molecule has 0 saturated carbocycles. The minimum atomic E-state index is -0.844. The van der Waals surface area contributed by atoms with Crippen molar-refractivity contribution in [3.8, 4) is 0 Å². The summed E-state index contributed by atoms with van der Waals surface area (Å²) in [6, 6.07) is 0. The van der Waals surface area contributed by atoms with Crippen LogP contribution in [-0.4, -0.2) is 37.2 Å². The summed E-state index contributed by atoms with van der Waals surface area (Å²) in [5, 5.41) is 0. The van der Waals surface area contributed by atoms with E-state index in [0.717, 1.165) is 173 Å². The Morgan fingerprint density at radius 2 is 0.434 bits per heavy atom. The lowest BCUT2D eigenvalue weighted by Gasteiger charge is -2.18. The van der Waals surface area contributed by atoms with Gasteiger partial charge in [-0.2, -0.15) is 0 Å². The molecule has 0 aliphatic carbocycles. The lowest BCUT2D eigenvalue weighted by molar-refractivity contribution is -0.167. The molecule has 0 heterocycles. The lowest BCUT2D eigenvalue weighted by Crippen LogP contribution is -2.30. The molecule has 0 saturated heterocycles. The highest BCUT2D eigenvalue weighted by molar-refractivity contribution is 5.71. The molecule has 6 nitrogen and oxygen atoms in total. The summed E-state index contributed by atoms with van der Waals surface area (Å²) in [5.41, 5.74) is 0. The maximum absolute atomic E-state index is 12.9. The van der Waals surface area contributed by atoms with Crippen molar-refractivity contribution in [3.63, 3.8) is 0 Å². The van der Waals surface area contributed by atoms with Crippen LogP contribution in [0.4, 0.5) is 0 Å². The average Bonchev–Trinajstić information content (AvgIpc) is 3.49. The van der Waals surface area contributed by atoms with Gasteiger partial charge in [-0.25, -0.2) is 0 Å². The number of rotatable bonds is 55. The maximum atomic E-state index is 12.9. The zero-order valence-electron chi connectivity index (χ0n) is 52.4. The van der Waals surface area contributed by atoms with Gasteiger partial charge in [0.1, 0.15) is 13.2 Å². The van der Waals surface area contributed by atoms with Crippen molar-refractivity contribution in [1.82, 2.24) is 0 Å². The van der Waals surface area contributed by atoms with Crippen LogP contribution in [0.1, 0.15) is 226 Å². The summed E-state index contributed by atoms with van der Waals surface area (Å²) < 4.78 is 16.8. The Kier molecular flexibility index (Phi) is 63.1. The first-order valence-electron chi connectivity index (χ1n) is 32.2. The number of hydrogen-bond donors (Lipinski definition) is 0. The van der Waals surface area contributed by atoms with Crippen LogP contribution in [0.3, 0.4) is 0 Å². The van der Waals surface area contributed by atoms with Crippen LogP contribution < -0.4 is 0 Å². The predicted molar refractivity (Wildman–Crippen MR) is 361 cm³/mol. The molecular formula is C77H114O6. The van der Waals surface area contributed by atoms with Gasteiger partial charge in [-0.3, -0.25) is 14.4 Å². The van der Waals surface area contributed by atoms with E-state index in [0.29, 0.717) is 12.8 Å². The Labute approximate surface area is 508 Å². The van der Waals surface area contributed by atoms with Crippen LogP contribution in [0.5, 0.6) is 0 Å². The highest BCUT2D eigenvalue weighted by Crippen LogP contribution is 2.11. The van der Waals surface area contributed by atoms with Gasteiger partial charge in [0, 0.05) is 19.3 Å². The minimum absolute atomic E-state index is 0.136. The molecule has 458 valence electrons. The Morgan fingerprint density at radius 3 is 0.675 bits per heavy atom. The predicted octanol–water partition coefficient (Wildman–Crippen LogP) is 22.5. The lowest BCUT2D eigenvalue weighted by atomic mass is 10.1. The standard InChI is InChI=1S/C77H114O6/c1-4-7-10-13-16-19-22-25-28-30-32-34-36-38-40-42-44-46-49-52-55-58-61-64-67-70-76(79)82-73-74(72-81-75(78)69-66-63-60-57-54-51-48-27-24-21-18-15-12-9-6-3)83-77(80)71-68-65-62-59-56-53-50-47-45-43-41-39-37-35-33-31-29-26-23-20-17-14-11-8-5-2/h7-12,16-21,25-29,32-35,38-41,44-48,52-57,74H,4-6,13-15,22-24,30-31,36-37,42-43,49-51,58-73H2,1-3H3/b10-7-,11-8-,12-9-,19-16-,20-17-,21-18-,28-25-,29-26-,34-32-,35-33-,40-38-,41-39-,46-44-,47-45-,48-27-,55-52-,56-53-,57-54-. The molecule has 0 aliphatic rings. The molecule has 0 aromatic carbocycles. The first-order chi connectivity index (χ1) is 41.0. The van der Waals surface area contributed by atoms with Gasteiger partial charge >= 0.3 is 17.9 Å². The second-order valence-corrected chi connectivity index (χ2v) is 20.2. The van der Waals surface area contributed by atoms with E-state index in [1.807, 2.05) is 0 Å². The number of carbonyl (C=O) groups excluding carboxylic acids is 3. The van der Waals surface area contributed by atoms with E-state index in [1.165, 1.54) is 0 Å². The molecule has 0 fully saturated rings. The molecule has 0 rings (SSSR count). The molecule has 0 amide bonds. The van der Waals surface area contributed by atoms with Crippen LogP contribution in [0.2, 0.25) is 0 Å². The third kappa shape index (κ3) is 66.4. The van der Waals surface area contributed by atoms with Gasteiger partial charge in [-0.15, -0.1) is 0 Å². The van der Waals surface area contributed by atoms with Crippen molar-refractivity contribution < 1.29 is 28.6 Å². The van der Waals surface area contributed by atoms with Crippen LogP contribution in [-0.2, 0) is 28.6 Å². The fourth-order valence-corrected chi connectivity index (χ4v) is 7.74. The number of unbranched alkanes of at least 4 members (excludes halogenated alkanes) is 8. The summed E-state index contributed by atoms with van der Waals surface area (Å²) in [6.07, 6.45) is 107. The Bertz CT molecular complexity index is 2080. The van der Waals surface area contributed by atoms with E-state index >= 15 is 0 Å². The molecule has 6 heteroatoms. The molecule has 0 N–H and O–H groups in total. The van der Waals surface area contributed by atoms with Crippen molar-refractivity contribution in [2.24, 2.45) is 0 Å². The van der Waals surface area contributed by atoms with Crippen LogP contribution in [0.15, 0.2) is 219 Å². The normalized spacial score (nSPS) is 13.6. The summed E-state index contributed by atoms with van der Waals surface area (Å²) in [5.74, 6) is -1.06.